The molecule has 0 aliphatic carbocycles. The number of nitrogens with one attached hydrogen (secondary N) is 1. The van der Waals surface area contributed by atoms with Crippen LogP contribution in [0.25, 0.3) is 0 Å². The molecule has 2 atom stereocenters. The zero-order valence-electron chi connectivity index (χ0n) is 16.7. The molecule has 0 bridgehead atoms. The number of amides is 1. The Morgan fingerprint density at radius 1 is 1.28 bits per heavy atom. The summed E-state index contributed by atoms with van der Waals surface area (Å²) in [5, 5.41) is 23.3. The Hall–Kier alpha value is -3.03. The van der Waals surface area contributed by atoms with Crippen LogP contribution < -0.4 is 15.8 Å². The highest BCUT2D eigenvalue weighted by molar-refractivity contribution is 6.01. The van der Waals surface area contributed by atoms with E-state index >= 15 is 0 Å². The molecule has 2 aromatic carbocycles. The normalized spacial score (nSPS) is 13.2. The van der Waals surface area contributed by atoms with Crippen molar-refractivity contribution in [2.24, 2.45) is 0 Å². The van der Waals surface area contributed by atoms with Gasteiger partial charge in [-0.25, -0.2) is 0 Å². The molecule has 0 saturated carbocycles. The van der Waals surface area contributed by atoms with Gasteiger partial charge in [0, 0.05) is 6.61 Å². The first-order valence-electron chi connectivity index (χ1n) is 9.44. The van der Waals surface area contributed by atoms with E-state index in [-0.39, 0.29) is 11.7 Å². The molecule has 0 aliphatic rings. The van der Waals surface area contributed by atoms with Crippen molar-refractivity contribution < 1.29 is 24.5 Å². The molecule has 7 nitrogen and oxygen atoms in total. The van der Waals surface area contributed by atoms with Crippen LogP contribution in [0.3, 0.4) is 0 Å². The second-order valence-electron chi connectivity index (χ2n) is 6.43. The minimum atomic E-state index is -0.918. The number of anilines is 2. The zero-order valence-corrected chi connectivity index (χ0v) is 16.7. The van der Waals surface area contributed by atoms with E-state index in [4.69, 9.17) is 15.2 Å². The largest absolute Gasteiger partial charge is 0.504 e. The van der Waals surface area contributed by atoms with Crippen molar-refractivity contribution in [3.8, 4) is 11.5 Å². The third kappa shape index (κ3) is 6.51. The lowest BCUT2D eigenvalue weighted by Gasteiger charge is -2.23. The van der Waals surface area contributed by atoms with Gasteiger partial charge in [-0.3, -0.25) is 4.79 Å². The highest BCUT2D eigenvalue weighted by atomic mass is 16.5. The number of carbonyl (C=O) groups excluding carboxylic acids is 1. The molecule has 0 spiro atoms. The molecule has 0 aliphatic heterocycles. The molecule has 156 valence electrons. The summed E-state index contributed by atoms with van der Waals surface area (Å²) in [6.07, 6.45) is 2.78. The fourth-order valence-electron chi connectivity index (χ4n) is 2.89. The lowest BCUT2D eigenvalue weighted by Crippen LogP contribution is -2.22. The molecular formula is C22H28N2O5. The van der Waals surface area contributed by atoms with Crippen LogP contribution in [-0.4, -0.2) is 35.9 Å². The van der Waals surface area contributed by atoms with E-state index in [0.29, 0.717) is 42.1 Å². The first kappa shape index (κ1) is 22.3. The van der Waals surface area contributed by atoms with Gasteiger partial charge in [-0.15, -0.1) is 0 Å². The summed E-state index contributed by atoms with van der Waals surface area (Å²) < 4.78 is 10.7. The topological polar surface area (TPSA) is 114 Å². The maximum atomic E-state index is 12.0. The van der Waals surface area contributed by atoms with E-state index in [1.165, 1.54) is 19.3 Å². The van der Waals surface area contributed by atoms with Crippen LogP contribution >= 0.6 is 0 Å². The van der Waals surface area contributed by atoms with Crippen molar-refractivity contribution in [2.75, 3.05) is 24.8 Å². The number of benzene rings is 2. The number of allylic oxidation sites excluding steroid dienone is 1. The van der Waals surface area contributed by atoms with Crippen molar-refractivity contribution in [1.82, 2.24) is 0 Å². The van der Waals surface area contributed by atoms with Crippen LogP contribution in [0.5, 0.6) is 11.5 Å². The standard InChI is InChI=1S/C22H28N2O5/c1-3-29-20(22(27)15-12-13-19(28-2)18(25)14-15)10-6-7-11-21(26)24-17-9-5-4-8-16(17)23/h4-5,7-9,11-14,20,22,25,27H,3,6,10,23H2,1-2H3,(H,24,26)/b11-7+/t20-,22-/m1/s1. The number of carbonyl (C=O) groups is 1. The number of hydrogen-bond acceptors (Lipinski definition) is 6. The van der Waals surface area contributed by atoms with Gasteiger partial charge in [0.2, 0.25) is 5.91 Å². The Kier molecular flexibility index (Phi) is 8.51. The number of methoxy groups -OCH3 is 1. The summed E-state index contributed by atoms with van der Waals surface area (Å²) in [6, 6.07) is 11.8. The van der Waals surface area contributed by atoms with Crippen molar-refractivity contribution in [3.05, 3.63) is 60.2 Å². The van der Waals surface area contributed by atoms with Gasteiger partial charge in [0.05, 0.1) is 24.6 Å². The number of phenols is 1. The minimum Gasteiger partial charge on any atom is -0.504 e. The van der Waals surface area contributed by atoms with Crippen molar-refractivity contribution in [2.45, 2.75) is 32.0 Å². The molecular weight excluding hydrogens is 372 g/mol. The molecule has 7 heteroatoms. The summed E-state index contributed by atoms with van der Waals surface area (Å²) in [6.45, 7) is 2.28. The number of rotatable bonds is 10. The summed E-state index contributed by atoms with van der Waals surface area (Å²) in [5.74, 6) is 0.00874. The Morgan fingerprint density at radius 3 is 2.69 bits per heavy atom. The predicted molar refractivity (Wildman–Crippen MR) is 113 cm³/mol. The number of phenolic OH excluding ortho intramolecular Hbond substituents is 1. The number of aromatic hydroxyl groups is 1. The fraction of sp³-hybridized carbons (Fsp3) is 0.318. The highest BCUT2D eigenvalue weighted by Gasteiger charge is 2.22. The van der Waals surface area contributed by atoms with Crippen LogP contribution in [0, 0.1) is 0 Å². The molecule has 0 saturated heterocycles. The number of nitrogen functional groups attached to an aromatic ring is 1. The van der Waals surface area contributed by atoms with Gasteiger partial charge in [-0.2, -0.15) is 0 Å². The SMILES string of the molecule is CCO[C@H](CC/C=C/C(=O)Nc1ccccc1N)[C@H](O)c1ccc(OC)c(O)c1. The summed E-state index contributed by atoms with van der Waals surface area (Å²) in [4.78, 5) is 12.0. The maximum Gasteiger partial charge on any atom is 0.248 e. The molecule has 1 amide bonds. The Morgan fingerprint density at radius 2 is 2.03 bits per heavy atom. The van der Waals surface area contributed by atoms with Crippen molar-refractivity contribution in [3.63, 3.8) is 0 Å². The van der Waals surface area contributed by atoms with E-state index < -0.39 is 12.2 Å². The summed E-state index contributed by atoms with van der Waals surface area (Å²) in [5.41, 5.74) is 7.39. The highest BCUT2D eigenvalue weighted by Crippen LogP contribution is 2.31. The monoisotopic (exact) mass is 400 g/mol. The van der Waals surface area contributed by atoms with Crippen LogP contribution in [0.4, 0.5) is 11.4 Å². The van der Waals surface area contributed by atoms with Gasteiger partial charge in [0.15, 0.2) is 11.5 Å². The lowest BCUT2D eigenvalue weighted by molar-refractivity contribution is -0.111. The van der Waals surface area contributed by atoms with Crippen molar-refractivity contribution >= 4 is 17.3 Å². The van der Waals surface area contributed by atoms with E-state index in [2.05, 4.69) is 5.32 Å². The molecule has 0 aromatic heterocycles. The second kappa shape index (κ2) is 11.1. The van der Waals surface area contributed by atoms with Gasteiger partial charge in [0.25, 0.3) is 0 Å². The first-order valence-corrected chi connectivity index (χ1v) is 9.44. The van der Waals surface area contributed by atoms with Crippen LogP contribution in [0.2, 0.25) is 0 Å². The second-order valence-corrected chi connectivity index (χ2v) is 6.43. The fourth-order valence-corrected chi connectivity index (χ4v) is 2.89. The number of hydrogen-bond donors (Lipinski definition) is 4. The van der Waals surface area contributed by atoms with Crippen LogP contribution in [0.15, 0.2) is 54.6 Å². The number of ether oxygens (including phenoxy) is 2. The van der Waals surface area contributed by atoms with Gasteiger partial charge in [0.1, 0.15) is 6.10 Å². The number of aliphatic hydroxyl groups is 1. The smallest absolute Gasteiger partial charge is 0.248 e. The minimum absolute atomic E-state index is 0.0453. The van der Waals surface area contributed by atoms with Crippen LogP contribution in [0.1, 0.15) is 31.4 Å². The van der Waals surface area contributed by atoms with E-state index in [1.807, 2.05) is 6.92 Å². The molecule has 0 unspecified atom stereocenters. The molecule has 29 heavy (non-hydrogen) atoms. The Bertz CT molecular complexity index is 838. The quantitative estimate of drug-likeness (QED) is 0.359. The third-order valence-electron chi connectivity index (χ3n) is 4.38. The summed E-state index contributed by atoms with van der Waals surface area (Å²) >= 11 is 0. The molecule has 2 rings (SSSR count). The lowest BCUT2D eigenvalue weighted by atomic mass is 10.00. The third-order valence-corrected chi connectivity index (χ3v) is 4.38. The predicted octanol–water partition coefficient (Wildman–Crippen LogP) is 3.40. The van der Waals surface area contributed by atoms with Crippen LogP contribution in [-0.2, 0) is 9.53 Å². The molecule has 5 N–H and O–H groups in total. The van der Waals surface area contributed by atoms with Gasteiger partial charge >= 0.3 is 0 Å². The number of nitrogens with two attached hydrogens (primary N) is 1. The van der Waals surface area contributed by atoms with Gasteiger partial charge in [-0.1, -0.05) is 24.3 Å². The average molecular weight is 400 g/mol. The van der Waals surface area contributed by atoms with E-state index in [1.54, 1.807) is 42.5 Å². The molecule has 0 radical (unpaired) electrons. The number of aliphatic hydroxyl groups excluding tert-OH is 1. The van der Waals surface area contributed by atoms with E-state index in [0.717, 1.165) is 0 Å². The Balaban J connectivity index is 1.93. The van der Waals surface area contributed by atoms with Gasteiger partial charge in [-0.05, 0) is 55.7 Å². The number of para-hydroxylation sites is 2. The summed E-state index contributed by atoms with van der Waals surface area (Å²) in [7, 11) is 1.46. The average Bonchev–Trinajstić information content (AvgIpc) is 2.71. The molecule has 0 heterocycles. The van der Waals surface area contributed by atoms with E-state index in [9.17, 15) is 15.0 Å². The Labute approximate surface area is 170 Å². The van der Waals surface area contributed by atoms with Gasteiger partial charge < -0.3 is 30.7 Å². The zero-order chi connectivity index (χ0) is 21.2. The van der Waals surface area contributed by atoms with Crippen molar-refractivity contribution in [1.29, 1.82) is 0 Å². The first-order chi connectivity index (χ1) is 14.0. The maximum absolute atomic E-state index is 12.0. The molecule has 2 aromatic rings. The molecule has 0 fully saturated rings.